The maximum absolute atomic E-state index is 12.4. The zero-order valence-electron chi connectivity index (χ0n) is 10.9. The summed E-state index contributed by atoms with van der Waals surface area (Å²) < 4.78 is 0. The highest BCUT2D eigenvalue weighted by molar-refractivity contribution is 7.99. The zero-order valence-corrected chi connectivity index (χ0v) is 11.7. The lowest BCUT2D eigenvalue weighted by Gasteiger charge is -2.32. The molecule has 1 unspecified atom stereocenters. The van der Waals surface area contributed by atoms with Crippen molar-refractivity contribution in [3.8, 4) is 0 Å². The third-order valence-electron chi connectivity index (χ3n) is 3.21. The molecule has 5 nitrogen and oxygen atoms in total. The molecule has 0 saturated carbocycles. The molecule has 1 saturated heterocycles. The van der Waals surface area contributed by atoms with Gasteiger partial charge in [0.15, 0.2) is 5.69 Å². The maximum Gasteiger partial charge on any atom is 0.276 e. The summed E-state index contributed by atoms with van der Waals surface area (Å²) in [5, 5.41) is 6.98. The monoisotopic (exact) mass is 268 g/mol. The Bertz CT molecular complexity index is 432. The number of nitrogens with zero attached hydrogens (tertiary/aromatic N) is 2. The Balaban J connectivity index is 2.17. The van der Waals surface area contributed by atoms with Gasteiger partial charge in [0.1, 0.15) is 0 Å². The van der Waals surface area contributed by atoms with Gasteiger partial charge in [0.05, 0.1) is 11.4 Å². The predicted molar refractivity (Wildman–Crippen MR) is 74.8 cm³/mol. The topological polar surface area (TPSA) is 75.0 Å². The number of rotatable bonds is 3. The van der Waals surface area contributed by atoms with Gasteiger partial charge in [0.25, 0.3) is 5.91 Å². The Morgan fingerprint density at radius 3 is 3.11 bits per heavy atom. The predicted octanol–water partition coefficient (Wildman–Crippen LogP) is 1.52. The molecule has 0 bridgehead atoms. The number of hydrogen-bond donors (Lipinski definition) is 2. The van der Waals surface area contributed by atoms with Crippen LogP contribution in [-0.2, 0) is 6.42 Å². The smallest absolute Gasteiger partial charge is 0.276 e. The van der Waals surface area contributed by atoms with Crippen LogP contribution in [0.2, 0.25) is 0 Å². The van der Waals surface area contributed by atoms with Crippen molar-refractivity contribution in [3.63, 3.8) is 0 Å². The number of nitrogens with one attached hydrogen (secondary N) is 1. The van der Waals surface area contributed by atoms with Crippen LogP contribution in [0.3, 0.4) is 0 Å². The number of nitrogen functional groups attached to an aromatic ring is 1. The molecule has 2 rings (SSSR count). The molecule has 1 aliphatic heterocycles. The van der Waals surface area contributed by atoms with Gasteiger partial charge < -0.3 is 10.6 Å². The third kappa shape index (κ3) is 2.48. The molecule has 3 N–H and O–H groups in total. The van der Waals surface area contributed by atoms with E-state index in [0.29, 0.717) is 11.4 Å². The van der Waals surface area contributed by atoms with E-state index in [1.807, 2.05) is 16.7 Å². The van der Waals surface area contributed by atoms with Crippen LogP contribution in [0, 0.1) is 0 Å². The van der Waals surface area contributed by atoms with Crippen LogP contribution < -0.4 is 5.73 Å². The summed E-state index contributed by atoms with van der Waals surface area (Å²) in [5.41, 5.74) is 7.78. The molecule has 1 aromatic rings. The molecule has 6 heteroatoms. The van der Waals surface area contributed by atoms with Crippen molar-refractivity contribution in [1.82, 2.24) is 15.1 Å². The van der Waals surface area contributed by atoms with Gasteiger partial charge in [0, 0.05) is 24.1 Å². The molecule has 1 fully saturated rings. The number of thioether (sulfide) groups is 1. The Kier molecular flexibility index (Phi) is 4.16. The number of anilines is 1. The van der Waals surface area contributed by atoms with E-state index in [1.165, 1.54) is 0 Å². The number of amides is 1. The molecule has 1 atom stereocenters. The molecule has 18 heavy (non-hydrogen) atoms. The highest BCUT2D eigenvalue weighted by Crippen LogP contribution is 2.22. The van der Waals surface area contributed by atoms with Crippen LogP contribution in [-0.4, -0.2) is 45.1 Å². The number of aryl methyl sites for hydroxylation is 1. The van der Waals surface area contributed by atoms with Crippen LogP contribution >= 0.6 is 11.8 Å². The highest BCUT2D eigenvalue weighted by atomic mass is 32.2. The number of carbonyl (C=O) groups is 1. The summed E-state index contributed by atoms with van der Waals surface area (Å²) in [4.78, 5) is 14.3. The second-order valence-corrected chi connectivity index (χ2v) is 5.79. The molecule has 1 aliphatic rings. The van der Waals surface area contributed by atoms with Gasteiger partial charge >= 0.3 is 0 Å². The first-order valence-electron chi connectivity index (χ1n) is 6.36. The number of H-pyrrole nitrogens is 1. The van der Waals surface area contributed by atoms with Crippen LogP contribution in [0.5, 0.6) is 0 Å². The Hall–Kier alpha value is -1.17. The fourth-order valence-electron chi connectivity index (χ4n) is 2.16. The lowest BCUT2D eigenvalue weighted by molar-refractivity contribution is 0.0711. The Morgan fingerprint density at radius 2 is 2.44 bits per heavy atom. The van der Waals surface area contributed by atoms with Crippen LogP contribution in [0.1, 0.15) is 36.5 Å². The number of aromatic nitrogens is 2. The Morgan fingerprint density at radius 1 is 1.67 bits per heavy atom. The fourth-order valence-corrected chi connectivity index (χ4v) is 3.17. The molecule has 100 valence electrons. The van der Waals surface area contributed by atoms with E-state index >= 15 is 0 Å². The summed E-state index contributed by atoms with van der Waals surface area (Å²) in [6, 6.07) is 0.252. The van der Waals surface area contributed by atoms with Crippen molar-refractivity contribution >= 4 is 23.4 Å². The summed E-state index contributed by atoms with van der Waals surface area (Å²) in [7, 11) is 0. The second kappa shape index (κ2) is 5.65. The van der Waals surface area contributed by atoms with E-state index in [-0.39, 0.29) is 11.9 Å². The first-order chi connectivity index (χ1) is 8.65. The summed E-state index contributed by atoms with van der Waals surface area (Å²) in [5.74, 6) is 1.93. The molecular formula is C12H20N4OS. The maximum atomic E-state index is 12.4. The number of hydrogen-bond acceptors (Lipinski definition) is 4. The van der Waals surface area contributed by atoms with Gasteiger partial charge in [-0.3, -0.25) is 9.89 Å². The lowest BCUT2D eigenvalue weighted by atomic mass is 10.2. The van der Waals surface area contributed by atoms with Crippen molar-refractivity contribution in [2.45, 2.75) is 32.7 Å². The van der Waals surface area contributed by atoms with Gasteiger partial charge in [-0.2, -0.15) is 16.9 Å². The molecule has 0 spiro atoms. The van der Waals surface area contributed by atoms with Gasteiger partial charge in [0.2, 0.25) is 0 Å². The quantitative estimate of drug-likeness (QED) is 0.871. The van der Waals surface area contributed by atoms with E-state index < -0.39 is 0 Å². The first kappa shape index (κ1) is 13.3. The van der Waals surface area contributed by atoms with Crippen LogP contribution in [0.15, 0.2) is 0 Å². The highest BCUT2D eigenvalue weighted by Gasteiger charge is 2.28. The average molecular weight is 268 g/mol. The van der Waals surface area contributed by atoms with Crippen molar-refractivity contribution < 1.29 is 4.79 Å². The minimum absolute atomic E-state index is 0.0427. The molecular weight excluding hydrogens is 248 g/mol. The van der Waals surface area contributed by atoms with E-state index in [4.69, 9.17) is 5.73 Å². The van der Waals surface area contributed by atoms with E-state index in [0.717, 1.165) is 36.6 Å². The van der Waals surface area contributed by atoms with Gasteiger partial charge in [-0.1, -0.05) is 13.3 Å². The van der Waals surface area contributed by atoms with Gasteiger partial charge in [-0.05, 0) is 13.3 Å². The SMILES string of the molecule is CCCc1[nH]nc(C(=O)N2CCSCC2C)c1N. The third-order valence-corrected chi connectivity index (χ3v) is 4.40. The fraction of sp³-hybridized carbons (Fsp3) is 0.667. The van der Waals surface area contributed by atoms with Crippen molar-refractivity contribution in [3.05, 3.63) is 11.4 Å². The largest absolute Gasteiger partial charge is 0.395 e. The Labute approximate surface area is 111 Å². The second-order valence-electron chi connectivity index (χ2n) is 4.64. The van der Waals surface area contributed by atoms with Crippen molar-refractivity contribution in [2.24, 2.45) is 0 Å². The summed E-state index contributed by atoms with van der Waals surface area (Å²) in [6.07, 6.45) is 1.81. The molecule has 0 aliphatic carbocycles. The van der Waals surface area contributed by atoms with E-state index in [1.54, 1.807) is 0 Å². The molecule has 0 aromatic carbocycles. The first-order valence-corrected chi connectivity index (χ1v) is 7.52. The number of aromatic amines is 1. The van der Waals surface area contributed by atoms with Gasteiger partial charge in [-0.15, -0.1) is 0 Å². The minimum atomic E-state index is -0.0427. The summed E-state index contributed by atoms with van der Waals surface area (Å²) in [6.45, 7) is 4.92. The van der Waals surface area contributed by atoms with Crippen molar-refractivity contribution in [2.75, 3.05) is 23.8 Å². The zero-order chi connectivity index (χ0) is 13.1. The number of carbonyl (C=O) groups excluding carboxylic acids is 1. The molecule has 0 radical (unpaired) electrons. The molecule has 1 aromatic heterocycles. The van der Waals surface area contributed by atoms with Crippen molar-refractivity contribution in [1.29, 1.82) is 0 Å². The van der Waals surface area contributed by atoms with E-state index in [2.05, 4.69) is 24.0 Å². The normalized spacial score (nSPS) is 20.1. The van der Waals surface area contributed by atoms with Crippen LogP contribution in [0.25, 0.3) is 0 Å². The number of nitrogens with two attached hydrogens (primary N) is 1. The van der Waals surface area contributed by atoms with Gasteiger partial charge in [-0.25, -0.2) is 0 Å². The molecule has 2 heterocycles. The van der Waals surface area contributed by atoms with Crippen LogP contribution in [0.4, 0.5) is 5.69 Å². The van der Waals surface area contributed by atoms with E-state index in [9.17, 15) is 4.79 Å². The lowest BCUT2D eigenvalue weighted by Crippen LogP contribution is -2.44. The average Bonchev–Trinajstić information content (AvgIpc) is 2.72. The summed E-state index contributed by atoms with van der Waals surface area (Å²) >= 11 is 1.88. The minimum Gasteiger partial charge on any atom is -0.395 e. The molecule has 1 amide bonds. The standard InChI is InChI=1S/C12H20N4OS/c1-3-4-9-10(13)11(15-14-9)12(17)16-5-6-18-7-8(16)2/h8H,3-7,13H2,1-2H3,(H,14,15).